The zero-order valence-corrected chi connectivity index (χ0v) is 11.4. The van der Waals surface area contributed by atoms with Gasteiger partial charge in [0.25, 0.3) is 0 Å². The first-order valence-electron chi connectivity index (χ1n) is 6.03. The lowest BCUT2D eigenvalue weighted by atomic mass is 10.3. The maximum absolute atomic E-state index is 12.2. The van der Waals surface area contributed by atoms with E-state index in [4.69, 9.17) is 20.3 Å². The maximum atomic E-state index is 12.2. The van der Waals surface area contributed by atoms with Crippen molar-refractivity contribution in [3.8, 4) is 11.5 Å². The Morgan fingerprint density at radius 1 is 1.30 bits per heavy atom. The summed E-state index contributed by atoms with van der Waals surface area (Å²) in [7, 11) is -4.06. The molecular weight excluding hydrogens is 286 g/mol. The molecule has 1 atom stereocenters. The molecule has 0 saturated heterocycles. The number of carboxylic acid groups (broad SMARTS) is 1. The van der Waals surface area contributed by atoms with E-state index in [2.05, 4.69) is 0 Å². The zero-order chi connectivity index (χ0) is 14.8. The molecule has 20 heavy (non-hydrogen) atoms. The number of fused-ring (bicyclic) bond motifs is 1. The van der Waals surface area contributed by atoms with Gasteiger partial charge < -0.3 is 20.3 Å². The largest absolute Gasteiger partial charge is 0.490 e. The van der Waals surface area contributed by atoms with Gasteiger partial charge in [0, 0.05) is 19.0 Å². The van der Waals surface area contributed by atoms with Gasteiger partial charge in [-0.3, -0.25) is 4.79 Å². The summed E-state index contributed by atoms with van der Waals surface area (Å²) in [6.07, 6.45) is 0.692. The van der Waals surface area contributed by atoms with Crippen LogP contribution in [0.2, 0.25) is 0 Å². The monoisotopic (exact) mass is 301 g/mol. The van der Waals surface area contributed by atoms with Gasteiger partial charge in [0.2, 0.25) is 0 Å². The van der Waals surface area contributed by atoms with Gasteiger partial charge in [-0.2, -0.15) is 0 Å². The Balaban J connectivity index is 2.42. The summed E-state index contributed by atoms with van der Waals surface area (Å²) in [5, 5.41) is 7.26. The molecule has 0 fully saturated rings. The third-order valence-corrected chi connectivity index (χ3v) is 4.97. The Labute approximate surface area is 116 Å². The van der Waals surface area contributed by atoms with Crippen molar-refractivity contribution in [3.63, 3.8) is 0 Å². The molecule has 1 heterocycles. The first-order chi connectivity index (χ1) is 9.46. The molecule has 0 aliphatic carbocycles. The summed E-state index contributed by atoms with van der Waals surface area (Å²) in [5.74, 6) is -0.731. The molecule has 0 amide bonds. The van der Waals surface area contributed by atoms with E-state index in [0.29, 0.717) is 31.1 Å². The Hall–Kier alpha value is -1.80. The average molecular weight is 301 g/mol. The zero-order valence-electron chi connectivity index (χ0n) is 10.6. The quantitative estimate of drug-likeness (QED) is 0.806. The first-order valence-corrected chi connectivity index (χ1v) is 7.58. The van der Waals surface area contributed by atoms with E-state index in [1.54, 1.807) is 0 Å². The lowest BCUT2D eigenvalue weighted by Gasteiger charge is -2.13. The fourth-order valence-electron chi connectivity index (χ4n) is 1.85. The van der Waals surface area contributed by atoms with Crippen molar-refractivity contribution in [2.45, 2.75) is 16.6 Å². The van der Waals surface area contributed by atoms with Crippen LogP contribution in [0, 0.1) is 0 Å². The first kappa shape index (κ1) is 14.6. The normalized spacial score (nSPS) is 16.2. The van der Waals surface area contributed by atoms with Gasteiger partial charge in [-0.1, -0.05) is 0 Å². The number of nitrogens with two attached hydrogens (primary N) is 1. The lowest BCUT2D eigenvalue weighted by Crippen LogP contribution is -2.37. The molecule has 0 bridgehead atoms. The third kappa shape index (κ3) is 2.70. The van der Waals surface area contributed by atoms with Crippen LogP contribution in [0.3, 0.4) is 0 Å². The molecule has 0 spiro atoms. The topological polar surface area (TPSA) is 116 Å². The molecular formula is C12H15NO6S. The minimum Gasteiger partial charge on any atom is -0.490 e. The molecule has 7 nitrogen and oxygen atoms in total. The second-order valence-electron chi connectivity index (χ2n) is 4.27. The van der Waals surface area contributed by atoms with Crippen LogP contribution in [0.25, 0.3) is 0 Å². The number of benzene rings is 1. The van der Waals surface area contributed by atoms with Gasteiger partial charge >= 0.3 is 5.97 Å². The number of hydrogen-bond donors (Lipinski definition) is 2. The fourth-order valence-corrected chi connectivity index (χ4v) is 3.22. The molecule has 3 N–H and O–H groups in total. The van der Waals surface area contributed by atoms with Crippen LogP contribution >= 0.6 is 0 Å². The van der Waals surface area contributed by atoms with Crippen LogP contribution in [0.5, 0.6) is 11.5 Å². The molecule has 1 aromatic rings. The number of sulfone groups is 1. The number of aliphatic carboxylic acids is 1. The Bertz CT molecular complexity index is 612. The highest BCUT2D eigenvalue weighted by Gasteiger charge is 2.33. The van der Waals surface area contributed by atoms with E-state index in [1.165, 1.54) is 18.2 Å². The highest BCUT2D eigenvalue weighted by molar-refractivity contribution is 7.92. The number of rotatable bonds is 4. The van der Waals surface area contributed by atoms with Crippen LogP contribution in [0.1, 0.15) is 6.42 Å². The van der Waals surface area contributed by atoms with Crippen molar-refractivity contribution in [1.29, 1.82) is 0 Å². The fraction of sp³-hybridized carbons (Fsp3) is 0.417. The van der Waals surface area contributed by atoms with Gasteiger partial charge in [0.1, 0.15) is 0 Å². The second kappa shape index (κ2) is 5.68. The molecule has 1 aliphatic rings. The van der Waals surface area contributed by atoms with E-state index >= 15 is 0 Å². The van der Waals surface area contributed by atoms with Gasteiger partial charge in [0.15, 0.2) is 26.6 Å². The van der Waals surface area contributed by atoms with E-state index in [0.717, 1.165) is 0 Å². The molecule has 1 aliphatic heterocycles. The average Bonchev–Trinajstić information content (AvgIpc) is 2.62. The summed E-state index contributed by atoms with van der Waals surface area (Å²) >= 11 is 0. The number of ether oxygens (including phenoxy) is 2. The van der Waals surface area contributed by atoms with Gasteiger partial charge in [0.05, 0.1) is 18.1 Å². The Morgan fingerprint density at radius 2 is 1.95 bits per heavy atom. The van der Waals surface area contributed by atoms with Crippen molar-refractivity contribution < 1.29 is 27.8 Å². The number of carboxylic acids is 1. The standard InChI is InChI=1S/C12H15NO6S/c13-7-11(12(14)15)20(16,17)8-2-3-9-10(6-8)19-5-1-4-18-9/h2-3,6,11H,1,4-5,7,13H2,(H,14,15). The lowest BCUT2D eigenvalue weighted by molar-refractivity contribution is -0.136. The van der Waals surface area contributed by atoms with Crippen molar-refractivity contribution in [2.24, 2.45) is 5.73 Å². The molecule has 110 valence electrons. The highest BCUT2D eigenvalue weighted by Crippen LogP contribution is 2.32. The number of carbonyl (C=O) groups is 1. The summed E-state index contributed by atoms with van der Waals surface area (Å²) in [6, 6.07) is 4.04. The SMILES string of the molecule is NCC(C(=O)O)S(=O)(=O)c1ccc2c(c1)OCCCO2. The summed E-state index contributed by atoms with van der Waals surface area (Å²) in [6.45, 7) is 0.404. The Kier molecular flexibility index (Phi) is 4.15. The molecule has 8 heteroatoms. The van der Waals surface area contributed by atoms with Crippen LogP contribution in [-0.2, 0) is 14.6 Å². The molecule has 2 rings (SSSR count). The molecule has 0 saturated carbocycles. The van der Waals surface area contributed by atoms with Gasteiger partial charge in [-0.25, -0.2) is 8.42 Å². The Morgan fingerprint density at radius 3 is 2.55 bits per heavy atom. The van der Waals surface area contributed by atoms with Crippen molar-refractivity contribution in [2.75, 3.05) is 19.8 Å². The van der Waals surface area contributed by atoms with E-state index in [9.17, 15) is 13.2 Å². The van der Waals surface area contributed by atoms with Gasteiger partial charge in [-0.05, 0) is 12.1 Å². The third-order valence-electron chi connectivity index (χ3n) is 2.91. The molecule has 1 unspecified atom stereocenters. The smallest absolute Gasteiger partial charge is 0.323 e. The van der Waals surface area contributed by atoms with E-state index in [-0.39, 0.29) is 4.90 Å². The summed E-state index contributed by atoms with van der Waals surface area (Å²) in [5.41, 5.74) is 5.24. The van der Waals surface area contributed by atoms with Crippen molar-refractivity contribution >= 4 is 15.8 Å². The molecule has 0 radical (unpaired) electrons. The van der Waals surface area contributed by atoms with Crippen LogP contribution in [-0.4, -0.2) is 44.5 Å². The number of hydrogen-bond acceptors (Lipinski definition) is 6. The predicted molar refractivity (Wildman–Crippen MR) is 69.7 cm³/mol. The van der Waals surface area contributed by atoms with Gasteiger partial charge in [-0.15, -0.1) is 0 Å². The summed E-state index contributed by atoms with van der Waals surface area (Å²) in [4.78, 5) is 10.8. The highest BCUT2D eigenvalue weighted by atomic mass is 32.2. The predicted octanol–water partition coefficient (Wildman–Crippen LogP) is 0.0335. The molecule has 1 aromatic carbocycles. The van der Waals surface area contributed by atoms with E-state index < -0.39 is 27.6 Å². The second-order valence-corrected chi connectivity index (χ2v) is 6.40. The maximum Gasteiger partial charge on any atom is 0.323 e. The summed E-state index contributed by atoms with van der Waals surface area (Å²) < 4.78 is 35.2. The molecule has 0 aromatic heterocycles. The van der Waals surface area contributed by atoms with Crippen LogP contribution in [0.4, 0.5) is 0 Å². The van der Waals surface area contributed by atoms with Crippen LogP contribution in [0.15, 0.2) is 23.1 Å². The van der Waals surface area contributed by atoms with Crippen LogP contribution < -0.4 is 15.2 Å². The van der Waals surface area contributed by atoms with E-state index in [1.807, 2.05) is 0 Å². The van der Waals surface area contributed by atoms with Crippen molar-refractivity contribution in [1.82, 2.24) is 0 Å². The minimum absolute atomic E-state index is 0.139. The van der Waals surface area contributed by atoms with Crippen molar-refractivity contribution in [3.05, 3.63) is 18.2 Å². The minimum atomic E-state index is -4.06.